The van der Waals surface area contributed by atoms with Crippen LogP contribution >= 0.6 is 12.2 Å². The summed E-state index contributed by atoms with van der Waals surface area (Å²) < 4.78 is 0. The zero-order valence-corrected chi connectivity index (χ0v) is 13.6. The minimum atomic E-state index is 0.735. The van der Waals surface area contributed by atoms with Gasteiger partial charge in [-0.15, -0.1) is 0 Å². The lowest BCUT2D eigenvalue weighted by molar-refractivity contribution is 0.372. The molecule has 2 aromatic carbocycles. The largest absolute Gasteiger partial charge is 0.362 e. The fraction of sp³-hybridized carbons (Fsp3) is 0.389. The standard InChI is InChI=1S/C18H23N3S/c22-18(20-12-14-8-10-19-11-9-14)21-13-16-6-3-5-15-4-1-2-7-17(15)16/h1-7,14,19H,8-13H2,(H2,20,21,22). The van der Waals surface area contributed by atoms with Gasteiger partial charge < -0.3 is 16.0 Å². The highest BCUT2D eigenvalue weighted by molar-refractivity contribution is 7.80. The minimum Gasteiger partial charge on any atom is -0.362 e. The van der Waals surface area contributed by atoms with Crippen LogP contribution in [0.2, 0.25) is 0 Å². The Kier molecular flexibility index (Phi) is 5.24. The first kappa shape index (κ1) is 15.3. The summed E-state index contributed by atoms with van der Waals surface area (Å²) in [4.78, 5) is 0. The Balaban J connectivity index is 1.51. The molecule has 0 aromatic heterocycles. The normalized spacial score (nSPS) is 15.6. The van der Waals surface area contributed by atoms with Crippen molar-refractivity contribution in [3.05, 3.63) is 48.0 Å². The van der Waals surface area contributed by atoms with Gasteiger partial charge in [-0.05, 0) is 60.4 Å². The minimum absolute atomic E-state index is 0.735. The van der Waals surface area contributed by atoms with Crippen LogP contribution in [0.15, 0.2) is 42.5 Å². The zero-order valence-electron chi connectivity index (χ0n) is 12.8. The summed E-state index contributed by atoms with van der Waals surface area (Å²) in [6, 6.07) is 14.9. The van der Waals surface area contributed by atoms with Crippen molar-refractivity contribution < 1.29 is 0 Å². The average molecular weight is 313 g/mol. The lowest BCUT2D eigenvalue weighted by Crippen LogP contribution is -2.40. The first-order chi connectivity index (χ1) is 10.8. The summed E-state index contributed by atoms with van der Waals surface area (Å²) in [5.41, 5.74) is 1.28. The fourth-order valence-corrected chi connectivity index (χ4v) is 3.16. The van der Waals surface area contributed by atoms with Crippen LogP contribution in [0.1, 0.15) is 18.4 Å². The van der Waals surface area contributed by atoms with Gasteiger partial charge in [0, 0.05) is 13.1 Å². The van der Waals surface area contributed by atoms with Gasteiger partial charge >= 0.3 is 0 Å². The highest BCUT2D eigenvalue weighted by Gasteiger charge is 2.12. The quantitative estimate of drug-likeness (QED) is 0.759. The van der Waals surface area contributed by atoms with E-state index in [2.05, 4.69) is 58.4 Å². The van der Waals surface area contributed by atoms with Crippen LogP contribution in [0.25, 0.3) is 10.8 Å². The topological polar surface area (TPSA) is 36.1 Å². The smallest absolute Gasteiger partial charge is 0.166 e. The summed E-state index contributed by atoms with van der Waals surface area (Å²) in [7, 11) is 0. The van der Waals surface area contributed by atoms with E-state index in [1.807, 2.05) is 0 Å². The molecule has 0 saturated carbocycles. The molecular weight excluding hydrogens is 290 g/mol. The van der Waals surface area contributed by atoms with E-state index in [-0.39, 0.29) is 0 Å². The fourth-order valence-electron chi connectivity index (χ4n) is 3.01. The van der Waals surface area contributed by atoms with E-state index in [0.29, 0.717) is 0 Å². The van der Waals surface area contributed by atoms with E-state index in [0.717, 1.165) is 37.2 Å². The third kappa shape index (κ3) is 3.96. The SMILES string of the molecule is S=C(NCc1cccc2ccccc12)NCC1CCNCC1. The van der Waals surface area contributed by atoms with Crippen LogP contribution in [-0.2, 0) is 6.54 Å². The Morgan fingerprint density at radius 3 is 2.68 bits per heavy atom. The lowest BCUT2D eigenvalue weighted by atomic mass is 9.98. The van der Waals surface area contributed by atoms with E-state index >= 15 is 0 Å². The molecule has 22 heavy (non-hydrogen) atoms. The lowest BCUT2D eigenvalue weighted by Gasteiger charge is -2.23. The van der Waals surface area contributed by atoms with Crippen LogP contribution in [0.3, 0.4) is 0 Å². The Bertz CT molecular complexity index is 630. The van der Waals surface area contributed by atoms with Crippen molar-refractivity contribution in [2.75, 3.05) is 19.6 Å². The molecule has 3 N–H and O–H groups in total. The van der Waals surface area contributed by atoms with Crippen LogP contribution in [-0.4, -0.2) is 24.7 Å². The van der Waals surface area contributed by atoms with Gasteiger partial charge in [-0.25, -0.2) is 0 Å². The van der Waals surface area contributed by atoms with Gasteiger partial charge in [0.25, 0.3) is 0 Å². The van der Waals surface area contributed by atoms with E-state index in [1.165, 1.54) is 29.2 Å². The number of hydrogen-bond donors (Lipinski definition) is 3. The van der Waals surface area contributed by atoms with Gasteiger partial charge in [-0.1, -0.05) is 42.5 Å². The van der Waals surface area contributed by atoms with Crippen molar-refractivity contribution in [1.82, 2.24) is 16.0 Å². The molecule has 4 heteroatoms. The van der Waals surface area contributed by atoms with Gasteiger partial charge in [-0.3, -0.25) is 0 Å². The second kappa shape index (κ2) is 7.56. The number of rotatable bonds is 4. The highest BCUT2D eigenvalue weighted by atomic mass is 32.1. The second-order valence-corrected chi connectivity index (χ2v) is 6.30. The first-order valence-electron chi connectivity index (χ1n) is 8.02. The number of piperidine rings is 1. The van der Waals surface area contributed by atoms with Crippen LogP contribution < -0.4 is 16.0 Å². The molecule has 1 aliphatic heterocycles. The zero-order chi connectivity index (χ0) is 15.2. The number of benzene rings is 2. The molecule has 0 aliphatic carbocycles. The molecule has 0 atom stereocenters. The van der Waals surface area contributed by atoms with E-state index in [4.69, 9.17) is 12.2 Å². The van der Waals surface area contributed by atoms with Crippen molar-refractivity contribution in [2.45, 2.75) is 19.4 Å². The Hall–Kier alpha value is -1.65. The molecule has 116 valence electrons. The molecule has 1 aliphatic rings. The predicted octanol–water partition coefficient (Wildman–Crippen LogP) is 2.80. The molecule has 0 bridgehead atoms. The molecule has 0 amide bonds. The van der Waals surface area contributed by atoms with Crippen molar-refractivity contribution >= 4 is 28.1 Å². The van der Waals surface area contributed by atoms with Gasteiger partial charge in [0.05, 0.1) is 0 Å². The Labute approximate surface area is 137 Å². The molecule has 1 saturated heterocycles. The second-order valence-electron chi connectivity index (χ2n) is 5.90. The number of thiocarbonyl (C=S) groups is 1. The third-order valence-electron chi connectivity index (χ3n) is 4.33. The Morgan fingerprint density at radius 2 is 1.82 bits per heavy atom. The maximum absolute atomic E-state index is 5.41. The summed E-state index contributed by atoms with van der Waals surface area (Å²) in [6.07, 6.45) is 2.47. The monoisotopic (exact) mass is 313 g/mol. The third-order valence-corrected chi connectivity index (χ3v) is 4.62. The summed E-state index contributed by atoms with van der Waals surface area (Å²) in [5, 5.41) is 13.4. The van der Waals surface area contributed by atoms with Crippen molar-refractivity contribution in [3.8, 4) is 0 Å². The number of fused-ring (bicyclic) bond motifs is 1. The van der Waals surface area contributed by atoms with Gasteiger partial charge in [0.1, 0.15) is 0 Å². The van der Waals surface area contributed by atoms with Gasteiger partial charge in [0.2, 0.25) is 0 Å². The summed E-state index contributed by atoms with van der Waals surface area (Å²) in [5.74, 6) is 0.735. The van der Waals surface area contributed by atoms with Gasteiger partial charge in [0.15, 0.2) is 5.11 Å². The molecule has 0 radical (unpaired) electrons. The first-order valence-corrected chi connectivity index (χ1v) is 8.43. The molecule has 3 nitrogen and oxygen atoms in total. The maximum Gasteiger partial charge on any atom is 0.166 e. The predicted molar refractivity (Wildman–Crippen MR) is 97.0 cm³/mol. The van der Waals surface area contributed by atoms with E-state index in [9.17, 15) is 0 Å². The summed E-state index contributed by atoms with van der Waals surface area (Å²) in [6.45, 7) is 3.99. The molecular formula is C18H23N3S. The maximum atomic E-state index is 5.41. The van der Waals surface area contributed by atoms with Crippen molar-refractivity contribution in [1.29, 1.82) is 0 Å². The molecule has 0 spiro atoms. The number of hydrogen-bond acceptors (Lipinski definition) is 2. The molecule has 0 unspecified atom stereocenters. The molecule has 3 rings (SSSR count). The highest BCUT2D eigenvalue weighted by Crippen LogP contribution is 2.18. The summed E-state index contributed by atoms with van der Waals surface area (Å²) >= 11 is 5.41. The molecule has 1 fully saturated rings. The molecule has 2 aromatic rings. The number of nitrogens with one attached hydrogen (secondary N) is 3. The van der Waals surface area contributed by atoms with Crippen LogP contribution in [0, 0.1) is 5.92 Å². The van der Waals surface area contributed by atoms with Crippen molar-refractivity contribution in [2.24, 2.45) is 5.92 Å². The van der Waals surface area contributed by atoms with E-state index < -0.39 is 0 Å². The van der Waals surface area contributed by atoms with Crippen molar-refractivity contribution in [3.63, 3.8) is 0 Å². The Morgan fingerprint density at radius 1 is 1.05 bits per heavy atom. The molecule has 1 heterocycles. The van der Waals surface area contributed by atoms with Crippen LogP contribution in [0.5, 0.6) is 0 Å². The van der Waals surface area contributed by atoms with Crippen LogP contribution in [0.4, 0.5) is 0 Å². The van der Waals surface area contributed by atoms with E-state index in [1.54, 1.807) is 0 Å². The average Bonchev–Trinajstić information content (AvgIpc) is 2.59. The van der Waals surface area contributed by atoms with Gasteiger partial charge in [-0.2, -0.15) is 0 Å².